The second-order valence-electron chi connectivity index (χ2n) is 9.17. The first-order chi connectivity index (χ1) is 20.2. The van der Waals surface area contributed by atoms with Crippen molar-refractivity contribution in [3.8, 4) is 0 Å². The Hall–Kier alpha value is -5.97. The van der Waals surface area contributed by atoms with E-state index in [0.29, 0.717) is 11.1 Å². The lowest BCUT2D eigenvalue weighted by molar-refractivity contribution is -0.384. The molecule has 0 radical (unpaired) electrons. The average molecular weight is 564 g/mol. The van der Waals surface area contributed by atoms with E-state index in [1.165, 1.54) is 48.5 Å². The summed E-state index contributed by atoms with van der Waals surface area (Å²) in [7, 11) is 0. The van der Waals surface area contributed by atoms with E-state index in [-0.39, 0.29) is 28.1 Å². The number of carbonyl (C=O) groups is 5. The van der Waals surface area contributed by atoms with Gasteiger partial charge in [-0.25, -0.2) is 4.90 Å². The smallest absolute Gasteiger partial charge is 0.326 e. The SMILES string of the molecule is O=C(CNC(=O)c1ccc(N2C(=O)c3ccccc3C2=O)cc1)O[C@@H](C(=O)c1ccccc1)c1ccc([N+](=O)[O-])cc1. The number of nitrogens with one attached hydrogen (secondary N) is 1. The Morgan fingerprint density at radius 3 is 1.90 bits per heavy atom. The maximum Gasteiger partial charge on any atom is 0.326 e. The zero-order valence-electron chi connectivity index (χ0n) is 21.8. The third-order valence-electron chi connectivity index (χ3n) is 6.53. The minimum absolute atomic E-state index is 0.149. The van der Waals surface area contributed by atoms with Gasteiger partial charge in [-0.2, -0.15) is 0 Å². The molecule has 0 saturated carbocycles. The minimum Gasteiger partial charge on any atom is -0.448 e. The topological polar surface area (TPSA) is 153 Å². The number of hydrogen-bond donors (Lipinski definition) is 1. The van der Waals surface area contributed by atoms with Crippen LogP contribution in [0.15, 0.2) is 103 Å². The Bertz CT molecular complexity index is 1680. The lowest BCUT2D eigenvalue weighted by atomic mass is 9.99. The molecular weight excluding hydrogens is 542 g/mol. The molecule has 0 unspecified atom stereocenters. The third-order valence-corrected chi connectivity index (χ3v) is 6.53. The second kappa shape index (κ2) is 11.6. The molecule has 0 spiro atoms. The summed E-state index contributed by atoms with van der Waals surface area (Å²) in [6.45, 7) is -0.579. The van der Waals surface area contributed by atoms with E-state index >= 15 is 0 Å². The molecule has 1 aliphatic rings. The summed E-state index contributed by atoms with van der Waals surface area (Å²) >= 11 is 0. The lowest BCUT2D eigenvalue weighted by Gasteiger charge is -2.18. The van der Waals surface area contributed by atoms with Crippen molar-refractivity contribution in [1.82, 2.24) is 5.32 Å². The van der Waals surface area contributed by atoms with Crippen molar-refractivity contribution in [3.05, 3.63) is 141 Å². The summed E-state index contributed by atoms with van der Waals surface area (Å²) in [5.74, 6) is -3.04. The first-order valence-corrected chi connectivity index (χ1v) is 12.6. The zero-order valence-corrected chi connectivity index (χ0v) is 21.8. The molecule has 4 aromatic carbocycles. The van der Waals surface area contributed by atoms with Crippen molar-refractivity contribution in [2.75, 3.05) is 11.4 Å². The number of non-ortho nitro benzene ring substituents is 1. The van der Waals surface area contributed by atoms with Crippen LogP contribution in [0.3, 0.4) is 0 Å². The van der Waals surface area contributed by atoms with Gasteiger partial charge in [0.05, 0.1) is 21.7 Å². The number of amides is 3. The quantitative estimate of drug-likeness (QED) is 0.104. The molecule has 42 heavy (non-hydrogen) atoms. The normalized spacial score (nSPS) is 12.8. The highest BCUT2D eigenvalue weighted by molar-refractivity contribution is 6.34. The molecule has 4 aromatic rings. The van der Waals surface area contributed by atoms with Gasteiger partial charge in [0.25, 0.3) is 23.4 Å². The number of esters is 1. The van der Waals surface area contributed by atoms with Gasteiger partial charge in [0.15, 0.2) is 6.10 Å². The zero-order chi connectivity index (χ0) is 29.8. The van der Waals surface area contributed by atoms with Crippen LogP contribution in [0, 0.1) is 10.1 Å². The number of anilines is 1. The van der Waals surface area contributed by atoms with Crippen LogP contribution >= 0.6 is 0 Å². The highest BCUT2D eigenvalue weighted by atomic mass is 16.6. The number of Topliss-reactive ketones (excluding diaryl/α,β-unsaturated/α-hetero) is 1. The maximum atomic E-state index is 13.2. The maximum absolute atomic E-state index is 13.2. The Morgan fingerprint density at radius 1 is 0.762 bits per heavy atom. The Labute approximate surface area is 238 Å². The molecule has 208 valence electrons. The fraction of sp³-hybridized carbons (Fsp3) is 0.0645. The number of nitrogens with zero attached hydrogens (tertiary/aromatic N) is 2. The number of imide groups is 1. The number of rotatable bonds is 9. The van der Waals surface area contributed by atoms with E-state index in [9.17, 15) is 34.1 Å². The number of hydrogen-bond acceptors (Lipinski definition) is 8. The molecule has 0 aliphatic carbocycles. The molecule has 11 nitrogen and oxygen atoms in total. The summed E-state index contributed by atoms with van der Waals surface area (Å²) in [5.41, 5.74) is 1.30. The van der Waals surface area contributed by atoms with Gasteiger partial charge in [0, 0.05) is 28.8 Å². The number of nitro groups is 1. The number of benzene rings is 4. The number of fused-ring (bicyclic) bond motifs is 1. The Balaban J connectivity index is 1.25. The summed E-state index contributed by atoms with van der Waals surface area (Å²) in [6, 6.07) is 25.3. The van der Waals surface area contributed by atoms with E-state index in [1.807, 2.05) is 0 Å². The van der Waals surface area contributed by atoms with E-state index in [2.05, 4.69) is 5.32 Å². The van der Waals surface area contributed by atoms with E-state index in [0.717, 1.165) is 4.90 Å². The molecule has 1 atom stereocenters. The van der Waals surface area contributed by atoms with Gasteiger partial charge in [0.2, 0.25) is 5.78 Å². The molecule has 0 bridgehead atoms. The summed E-state index contributed by atoms with van der Waals surface area (Å²) < 4.78 is 5.43. The predicted octanol–water partition coefficient (Wildman–Crippen LogP) is 4.29. The van der Waals surface area contributed by atoms with Gasteiger partial charge >= 0.3 is 5.97 Å². The highest BCUT2D eigenvalue weighted by Gasteiger charge is 2.36. The van der Waals surface area contributed by atoms with Crippen molar-refractivity contribution in [3.63, 3.8) is 0 Å². The van der Waals surface area contributed by atoms with Crippen LogP contribution in [0.1, 0.15) is 53.1 Å². The van der Waals surface area contributed by atoms with Gasteiger partial charge in [-0.1, -0.05) is 42.5 Å². The van der Waals surface area contributed by atoms with Crippen LogP contribution in [0.5, 0.6) is 0 Å². The number of nitro benzene ring substituents is 1. The molecule has 0 aromatic heterocycles. The van der Waals surface area contributed by atoms with Gasteiger partial charge in [-0.05, 0) is 48.5 Å². The second-order valence-corrected chi connectivity index (χ2v) is 9.17. The largest absolute Gasteiger partial charge is 0.448 e. The highest BCUT2D eigenvalue weighted by Crippen LogP contribution is 2.29. The van der Waals surface area contributed by atoms with Gasteiger partial charge in [0.1, 0.15) is 6.54 Å². The third kappa shape index (κ3) is 5.52. The molecule has 1 N–H and O–H groups in total. The van der Waals surface area contributed by atoms with Gasteiger partial charge in [-0.3, -0.25) is 34.1 Å². The van der Waals surface area contributed by atoms with Crippen LogP contribution in [0.25, 0.3) is 0 Å². The molecule has 5 rings (SSSR count). The van der Waals surface area contributed by atoms with E-state index < -0.39 is 47.0 Å². The summed E-state index contributed by atoms with van der Waals surface area (Å²) in [4.78, 5) is 75.4. The predicted molar refractivity (Wildman–Crippen MR) is 149 cm³/mol. The van der Waals surface area contributed by atoms with Crippen LogP contribution in [0.2, 0.25) is 0 Å². The van der Waals surface area contributed by atoms with Crippen LogP contribution < -0.4 is 10.2 Å². The van der Waals surface area contributed by atoms with Crippen LogP contribution in [0.4, 0.5) is 11.4 Å². The van der Waals surface area contributed by atoms with Gasteiger partial charge < -0.3 is 10.1 Å². The Morgan fingerprint density at radius 2 is 1.33 bits per heavy atom. The number of carbonyl (C=O) groups excluding carboxylic acids is 5. The first-order valence-electron chi connectivity index (χ1n) is 12.6. The fourth-order valence-electron chi connectivity index (χ4n) is 4.41. The van der Waals surface area contributed by atoms with Crippen molar-refractivity contribution >= 4 is 40.8 Å². The molecule has 11 heteroatoms. The molecule has 0 saturated heterocycles. The molecule has 0 fully saturated rings. The Kier molecular flexibility index (Phi) is 7.65. The summed E-state index contributed by atoms with van der Waals surface area (Å²) in [5, 5.41) is 13.4. The number of ether oxygens (including phenoxy) is 1. The summed E-state index contributed by atoms with van der Waals surface area (Å²) in [6.07, 6.45) is -1.41. The lowest BCUT2D eigenvalue weighted by Crippen LogP contribution is -2.32. The van der Waals surface area contributed by atoms with E-state index in [4.69, 9.17) is 4.74 Å². The molecule has 1 aliphatic heterocycles. The monoisotopic (exact) mass is 563 g/mol. The van der Waals surface area contributed by atoms with Crippen LogP contribution in [-0.4, -0.2) is 40.9 Å². The van der Waals surface area contributed by atoms with Crippen molar-refractivity contribution in [1.29, 1.82) is 0 Å². The fourth-order valence-corrected chi connectivity index (χ4v) is 4.41. The molecule has 3 amide bonds. The minimum atomic E-state index is -1.41. The van der Waals surface area contributed by atoms with Crippen LogP contribution in [-0.2, 0) is 9.53 Å². The molecular formula is C31H21N3O8. The van der Waals surface area contributed by atoms with Crippen molar-refractivity contribution < 1.29 is 33.6 Å². The standard InChI is InChI=1S/C31H21N3O8/c35-26(42-28(27(36)19-6-2-1-3-7-19)20-10-16-23(17-11-20)34(40)41)18-32-29(37)21-12-14-22(15-13-21)33-30(38)24-8-4-5-9-25(24)31(33)39/h1-17,28H,18H2,(H,32,37)/t28-/m1/s1. The molecule has 1 heterocycles. The van der Waals surface area contributed by atoms with Crippen molar-refractivity contribution in [2.24, 2.45) is 0 Å². The average Bonchev–Trinajstić information content (AvgIpc) is 3.28. The first kappa shape index (κ1) is 27.6. The van der Waals surface area contributed by atoms with Crippen molar-refractivity contribution in [2.45, 2.75) is 6.10 Å². The van der Waals surface area contributed by atoms with E-state index in [1.54, 1.807) is 54.6 Å². The van der Waals surface area contributed by atoms with Gasteiger partial charge in [-0.15, -0.1) is 0 Å². The number of ketones is 1.